The topological polar surface area (TPSA) is 45.9 Å². The average Bonchev–Trinajstić information content (AvgIpc) is 4.35. The highest BCUT2D eigenvalue weighted by molar-refractivity contribution is 6.31. The van der Waals surface area contributed by atoms with Crippen LogP contribution in [0, 0.1) is 27.7 Å². The highest BCUT2D eigenvalue weighted by Crippen LogP contribution is 2.53. The maximum Gasteiger partial charge on any atom is 0.159 e. The molecule has 15 rings (SSSR count). The summed E-state index contributed by atoms with van der Waals surface area (Å²) < 4.78 is 21.8. The van der Waals surface area contributed by atoms with E-state index in [1.807, 2.05) is 0 Å². The third-order valence-electron chi connectivity index (χ3n) is 15.8. The number of rotatable bonds is 8. The Kier molecular flexibility index (Phi) is 10.1. The lowest BCUT2D eigenvalue weighted by Crippen LogP contribution is -2.12. The Morgan fingerprint density at radius 3 is 1.05 bits per heavy atom. The minimum Gasteiger partial charge on any atom is -0.456 e. The highest BCUT2D eigenvalue weighted by Gasteiger charge is 2.29. The van der Waals surface area contributed by atoms with Gasteiger partial charge in [-0.05, 0) is 96.1 Å². The van der Waals surface area contributed by atoms with Gasteiger partial charge in [0, 0.05) is 77.7 Å². The molecule has 0 bridgehead atoms. The zero-order valence-electron chi connectivity index (χ0n) is 43.1. The average molecular weight is 991 g/mol. The predicted octanol–water partition coefficient (Wildman–Crippen LogP) is 21.2. The molecule has 12 aromatic carbocycles. The molecule has 15 aromatic rings. The molecule has 0 aliphatic rings. The SMILES string of the molecule is Cc1ccc(C)c(N(c2cc3oc4cc(N(c5cc(C)ccc5C)c5cccc6c5oc5c(-c7ccccc7)cccc56)c5ccccc5c4c3c3ccccc23)c2cccc3c2oc2c(-c4ccccc4)cccc23)c1. The maximum atomic E-state index is 7.40. The standard InChI is InChI=1S/C72H50N2O3/c1-43-35-37-45(3)61(39-43)73(59-33-17-31-57-55-29-15-27-49(69(55)76-71(57)59)47-19-7-5-8-20-47)63-41-65-67(53-25-13-11-23-51(53)63)68-54-26-14-12-24-52(54)64(42-66(68)75-65)74(62-40-44(2)36-38-46(62)4)60-34-18-32-58-56-30-16-28-50(70(56)77-72(58)60)48-21-9-6-10-22-48/h5-42H,1-4H3. The van der Waals surface area contributed by atoms with E-state index in [0.717, 1.165) is 166 Å². The van der Waals surface area contributed by atoms with Crippen LogP contribution in [-0.4, -0.2) is 0 Å². The van der Waals surface area contributed by atoms with Crippen LogP contribution in [0.25, 0.3) is 110 Å². The number of fused-ring (bicyclic) bond motifs is 13. The van der Waals surface area contributed by atoms with Gasteiger partial charge in [0.25, 0.3) is 0 Å². The van der Waals surface area contributed by atoms with Gasteiger partial charge in [0.1, 0.15) is 22.3 Å². The second-order valence-corrected chi connectivity index (χ2v) is 20.6. The molecule has 77 heavy (non-hydrogen) atoms. The highest BCUT2D eigenvalue weighted by atomic mass is 16.3. The van der Waals surface area contributed by atoms with Gasteiger partial charge < -0.3 is 23.1 Å². The van der Waals surface area contributed by atoms with Gasteiger partial charge in [0.15, 0.2) is 11.2 Å². The molecule has 5 nitrogen and oxygen atoms in total. The fourth-order valence-corrected chi connectivity index (χ4v) is 12.2. The Morgan fingerprint density at radius 1 is 0.260 bits per heavy atom. The van der Waals surface area contributed by atoms with Gasteiger partial charge in [0.05, 0.1) is 22.7 Å². The van der Waals surface area contributed by atoms with Crippen molar-refractivity contribution in [2.24, 2.45) is 0 Å². The Balaban J connectivity index is 1.00. The monoisotopic (exact) mass is 990 g/mol. The molecule has 0 N–H and O–H groups in total. The van der Waals surface area contributed by atoms with Crippen molar-refractivity contribution in [1.29, 1.82) is 0 Å². The molecule has 0 radical (unpaired) electrons. The minimum atomic E-state index is 0.792. The maximum absolute atomic E-state index is 7.40. The van der Waals surface area contributed by atoms with Gasteiger partial charge in [-0.2, -0.15) is 0 Å². The van der Waals surface area contributed by atoms with Crippen LogP contribution in [0.5, 0.6) is 0 Å². The van der Waals surface area contributed by atoms with E-state index >= 15 is 0 Å². The summed E-state index contributed by atoms with van der Waals surface area (Å²) in [4.78, 5) is 4.79. The molecule has 0 aliphatic carbocycles. The molecular formula is C72H50N2O3. The molecule has 0 atom stereocenters. The summed E-state index contributed by atoms with van der Waals surface area (Å²) >= 11 is 0. The first kappa shape index (κ1) is 44.6. The quantitative estimate of drug-likeness (QED) is 0.152. The number of anilines is 6. The summed E-state index contributed by atoms with van der Waals surface area (Å²) in [7, 11) is 0. The zero-order chi connectivity index (χ0) is 51.5. The fraction of sp³-hybridized carbons (Fsp3) is 0.0556. The second kappa shape index (κ2) is 17.4. The Labute approximate surface area is 445 Å². The zero-order valence-corrected chi connectivity index (χ0v) is 43.1. The molecule has 0 fully saturated rings. The summed E-state index contributed by atoms with van der Waals surface area (Å²) in [6, 6.07) is 82.5. The summed E-state index contributed by atoms with van der Waals surface area (Å²) in [5.74, 6) is 0. The summed E-state index contributed by atoms with van der Waals surface area (Å²) in [6.45, 7) is 8.71. The summed E-state index contributed by atoms with van der Waals surface area (Å²) in [5, 5.41) is 10.8. The van der Waals surface area contributed by atoms with Crippen molar-refractivity contribution in [2.45, 2.75) is 27.7 Å². The molecule has 3 heterocycles. The van der Waals surface area contributed by atoms with Crippen molar-refractivity contribution in [3.8, 4) is 22.3 Å². The smallest absolute Gasteiger partial charge is 0.159 e. The first-order chi connectivity index (χ1) is 37.9. The number of furan rings is 3. The van der Waals surface area contributed by atoms with E-state index in [1.165, 1.54) is 0 Å². The van der Waals surface area contributed by atoms with Crippen LogP contribution >= 0.6 is 0 Å². The van der Waals surface area contributed by atoms with Crippen molar-refractivity contribution in [1.82, 2.24) is 0 Å². The van der Waals surface area contributed by atoms with Crippen LogP contribution in [-0.2, 0) is 0 Å². The molecule has 0 unspecified atom stereocenters. The molecule has 0 amide bonds. The predicted molar refractivity (Wildman–Crippen MR) is 322 cm³/mol. The Bertz CT molecular complexity index is 4560. The fourth-order valence-electron chi connectivity index (χ4n) is 12.2. The lowest BCUT2D eigenvalue weighted by Gasteiger charge is -2.29. The van der Waals surface area contributed by atoms with E-state index in [1.54, 1.807) is 0 Å². The van der Waals surface area contributed by atoms with E-state index in [0.29, 0.717) is 0 Å². The van der Waals surface area contributed by atoms with Crippen LogP contribution in [0.2, 0.25) is 0 Å². The van der Waals surface area contributed by atoms with Crippen LogP contribution < -0.4 is 9.80 Å². The lowest BCUT2D eigenvalue weighted by atomic mass is 9.96. The van der Waals surface area contributed by atoms with Gasteiger partial charge in [-0.3, -0.25) is 0 Å². The molecule has 3 aromatic heterocycles. The number of hydrogen-bond donors (Lipinski definition) is 0. The Morgan fingerprint density at radius 2 is 0.623 bits per heavy atom. The van der Waals surface area contributed by atoms with Gasteiger partial charge in [-0.1, -0.05) is 194 Å². The molecule has 5 heteroatoms. The molecule has 0 saturated carbocycles. The van der Waals surface area contributed by atoms with Gasteiger partial charge >= 0.3 is 0 Å². The molecule has 0 saturated heterocycles. The second-order valence-electron chi connectivity index (χ2n) is 20.6. The van der Waals surface area contributed by atoms with Crippen molar-refractivity contribution < 1.29 is 13.3 Å². The molecule has 366 valence electrons. The van der Waals surface area contributed by atoms with Crippen molar-refractivity contribution in [3.05, 3.63) is 253 Å². The van der Waals surface area contributed by atoms with Gasteiger partial charge in [-0.25, -0.2) is 0 Å². The van der Waals surface area contributed by atoms with Crippen molar-refractivity contribution in [2.75, 3.05) is 9.80 Å². The van der Waals surface area contributed by atoms with Crippen LogP contribution in [0.15, 0.2) is 244 Å². The number of benzene rings is 12. The summed E-state index contributed by atoms with van der Waals surface area (Å²) in [5.41, 5.74) is 19.9. The number of nitrogens with zero attached hydrogens (tertiary/aromatic N) is 2. The first-order valence-corrected chi connectivity index (χ1v) is 26.4. The van der Waals surface area contributed by atoms with Gasteiger partial charge in [-0.15, -0.1) is 0 Å². The molecule has 0 aliphatic heterocycles. The number of para-hydroxylation sites is 4. The van der Waals surface area contributed by atoms with Crippen LogP contribution in [0.1, 0.15) is 22.3 Å². The largest absolute Gasteiger partial charge is 0.456 e. The van der Waals surface area contributed by atoms with E-state index < -0.39 is 0 Å². The van der Waals surface area contributed by atoms with E-state index in [-0.39, 0.29) is 0 Å². The normalized spacial score (nSPS) is 11.9. The first-order valence-electron chi connectivity index (χ1n) is 26.4. The summed E-state index contributed by atoms with van der Waals surface area (Å²) in [6.07, 6.45) is 0. The lowest BCUT2D eigenvalue weighted by molar-refractivity contribution is 0.668. The number of hydrogen-bond acceptors (Lipinski definition) is 5. The van der Waals surface area contributed by atoms with E-state index in [4.69, 9.17) is 13.3 Å². The van der Waals surface area contributed by atoms with Crippen molar-refractivity contribution >= 4 is 121 Å². The molecule has 0 spiro atoms. The third kappa shape index (κ3) is 6.94. The minimum absolute atomic E-state index is 0.792. The number of aryl methyl sites for hydroxylation is 4. The Hall–Kier alpha value is -9.84. The third-order valence-corrected chi connectivity index (χ3v) is 15.8. The van der Waals surface area contributed by atoms with Gasteiger partial charge in [0.2, 0.25) is 0 Å². The van der Waals surface area contributed by atoms with Crippen LogP contribution in [0.4, 0.5) is 34.1 Å². The van der Waals surface area contributed by atoms with E-state index in [2.05, 4.69) is 268 Å². The van der Waals surface area contributed by atoms with Crippen molar-refractivity contribution in [3.63, 3.8) is 0 Å². The van der Waals surface area contributed by atoms with Crippen LogP contribution in [0.3, 0.4) is 0 Å². The molecular weight excluding hydrogens is 941 g/mol. The van der Waals surface area contributed by atoms with E-state index in [9.17, 15) is 0 Å².